The molecular weight excluding hydrogens is 426 g/mol. The molecule has 2 atom stereocenters. The molecule has 4 rings (SSSR count). The van der Waals surface area contributed by atoms with Crippen LogP contribution in [-0.2, 0) is 24.5 Å². The second-order valence-corrected chi connectivity index (χ2v) is 8.52. The molecule has 0 aromatic heterocycles. The number of carbonyl (C=O) groups excluding carboxylic acids is 3. The minimum absolute atomic E-state index is 0.107. The van der Waals surface area contributed by atoms with Crippen molar-refractivity contribution in [3.63, 3.8) is 0 Å². The maximum Gasteiger partial charge on any atom is 0.259 e. The summed E-state index contributed by atoms with van der Waals surface area (Å²) in [5.41, 5.74) is 7.57. The van der Waals surface area contributed by atoms with Gasteiger partial charge in [0.05, 0.1) is 12.0 Å². The number of ether oxygens (including phenoxy) is 1. The average molecular weight is 451 g/mol. The monoisotopic (exact) mass is 451 g/mol. The molecule has 2 aliphatic rings. The van der Waals surface area contributed by atoms with Crippen LogP contribution in [0.2, 0.25) is 0 Å². The Hall–Kier alpha value is -3.76. The first kappa shape index (κ1) is 22.4. The van der Waals surface area contributed by atoms with Gasteiger partial charge in [-0.25, -0.2) is 0 Å². The Morgan fingerprint density at radius 3 is 2.64 bits per heavy atom. The van der Waals surface area contributed by atoms with Crippen molar-refractivity contribution < 1.29 is 24.2 Å². The van der Waals surface area contributed by atoms with Gasteiger partial charge in [-0.3, -0.25) is 19.8 Å². The summed E-state index contributed by atoms with van der Waals surface area (Å²) in [5, 5.41) is 23.3. The van der Waals surface area contributed by atoms with E-state index in [-0.39, 0.29) is 24.9 Å². The fourth-order valence-electron chi connectivity index (χ4n) is 3.90. The van der Waals surface area contributed by atoms with Gasteiger partial charge in [-0.15, -0.1) is 0 Å². The topological polar surface area (TPSA) is 158 Å². The third kappa shape index (κ3) is 4.06. The van der Waals surface area contributed by atoms with Gasteiger partial charge in [-0.1, -0.05) is 0 Å². The highest BCUT2D eigenvalue weighted by Gasteiger charge is 2.42. The Morgan fingerprint density at radius 1 is 1.27 bits per heavy atom. The number of carbonyl (C=O) groups is 3. The summed E-state index contributed by atoms with van der Waals surface area (Å²) in [6, 6.07) is 11.4. The van der Waals surface area contributed by atoms with Crippen LogP contribution in [-0.4, -0.2) is 54.0 Å². The van der Waals surface area contributed by atoms with Gasteiger partial charge in [-0.05, 0) is 61.9 Å². The predicted molar refractivity (Wildman–Crippen MR) is 122 cm³/mol. The molecule has 1 unspecified atom stereocenters. The lowest BCUT2D eigenvalue weighted by Gasteiger charge is -2.34. The number of nitrogens with zero attached hydrogens (tertiary/aromatic N) is 1. The number of amidine groups is 1. The van der Waals surface area contributed by atoms with Gasteiger partial charge in [-0.2, -0.15) is 0 Å². The summed E-state index contributed by atoms with van der Waals surface area (Å²) in [4.78, 5) is 39.3. The molecule has 0 spiro atoms. The molecule has 0 bridgehead atoms. The number of benzene rings is 2. The first-order valence-corrected chi connectivity index (χ1v) is 10.4. The lowest BCUT2D eigenvalue weighted by atomic mass is 9.86. The molecule has 2 aromatic carbocycles. The van der Waals surface area contributed by atoms with E-state index in [9.17, 15) is 19.5 Å². The van der Waals surface area contributed by atoms with Crippen LogP contribution in [0.25, 0.3) is 0 Å². The summed E-state index contributed by atoms with van der Waals surface area (Å²) < 4.78 is 5.45. The van der Waals surface area contributed by atoms with Gasteiger partial charge in [0.15, 0.2) is 12.2 Å². The Kier molecular flexibility index (Phi) is 5.64. The van der Waals surface area contributed by atoms with Crippen molar-refractivity contribution in [3.8, 4) is 0 Å². The zero-order valence-corrected chi connectivity index (χ0v) is 18.2. The number of nitrogens with one attached hydrogen (secondary N) is 3. The largest absolute Gasteiger partial charge is 0.384 e. The van der Waals surface area contributed by atoms with E-state index in [1.165, 1.54) is 4.90 Å². The van der Waals surface area contributed by atoms with Gasteiger partial charge in [0.25, 0.3) is 11.8 Å². The standard InChI is InChI=1S/C23H25N5O5/c1-23(2)15-11-14(7-8-16(15)27-22(23)32)28-9-10-33-18(21(28)31)17(29)20(30)26-13-5-3-12(4-6-13)19(24)25/h3-8,11,17-18,29H,9-10H2,1-2H3,(H3,24,25)(H,26,30)(H,27,32)/t17-,18?/m1/s1. The number of morpholine rings is 1. The smallest absolute Gasteiger partial charge is 0.259 e. The van der Waals surface area contributed by atoms with Crippen LogP contribution in [0.3, 0.4) is 0 Å². The lowest BCUT2D eigenvalue weighted by molar-refractivity contribution is -0.150. The van der Waals surface area contributed by atoms with Crippen molar-refractivity contribution in [2.45, 2.75) is 31.5 Å². The summed E-state index contributed by atoms with van der Waals surface area (Å²) in [5.74, 6) is -1.57. The molecular formula is C23H25N5O5. The summed E-state index contributed by atoms with van der Waals surface area (Å²) in [6.07, 6.45) is -3.11. The molecule has 10 nitrogen and oxygen atoms in total. The van der Waals surface area contributed by atoms with E-state index in [1.54, 1.807) is 56.3 Å². The Labute approximate surface area is 190 Å². The average Bonchev–Trinajstić information content (AvgIpc) is 3.01. The lowest BCUT2D eigenvalue weighted by Crippen LogP contribution is -2.55. The molecule has 1 fully saturated rings. The summed E-state index contributed by atoms with van der Waals surface area (Å²) in [6.45, 7) is 3.99. The van der Waals surface area contributed by atoms with Crippen molar-refractivity contribution in [1.82, 2.24) is 0 Å². The molecule has 10 heteroatoms. The highest BCUT2D eigenvalue weighted by atomic mass is 16.5. The van der Waals surface area contributed by atoms with Crippen molar-refractivity contribution in [2.24, 2.45) is 5.73 Å². The SMILES string of the molecule is CC1(C)C(=O)Nc2ccc(N3CCOC([C@@H](O)C(=O)Nc4ccc(C(=N)N)cc4)C3=O)cc21. The van der Waals surface area contributed by atoms with Crippen LogP contribution in [0.5, 0.6) is 0 Å². The number of anilines is 3. The molecule has 2 aromatic rings. The van der Waals surface area contributed by atoms with E-state index >= 15 is 0 Å². The van der Waals surface area contributed by atoms with Gasteiger partial charge in [0.2, 0.25) is 5.91 Å². The number of rotatable bonds is 5. The maximum absolute atomic E-state index is 13.1. The molecule has 172 valence electrons. The van der Waals surface area contributed by atoms with Gasteiger partial charge in [0, 0.05) is 29.2 Å². The number of aliphatic hydroxyl groups excluding tert-OH is 1. The number of amides is 3. The number of nitrogen functional groups attached to an aromatic ring is 1. The molecule has 2 heterocycles. The first-order valence-electron chi connectivity index (χ1n) is 10.4. The van der Waals surface area contributed by atoms with E-state index in [2.05, 4.69) is 10.6 Å². The number of aliphatic hydroxyl groups is 1. The number of fused-ring (bicyclic) bond motifs is 1. The van der Waals surface area contributed by atoms with Crippen LogP contribution < -0.4 is 21.3 Å². The van der Waals surface area contributed by atoms with Crippen LogP contribution in [0.1, 0.15) is 25.0 Å². The van der Waals surface area contributed by atoms with E-state index in [1.807, 2.05) is 0 Å². The van der Waals surface area contributed by atoms with Crippen molar-refractivity contribution >= 4 is 40.6 Å². The third-order valence-electron chi connectivity index (χ3n) is 5.94. The van der Waals surface area contributed by atoms with Crippen molar-refractivity contribution in [2.75, 3.05) is 28.7 Å². The Balaban J connectivity index is 1.49. The van der Waals surface area contributed by atoms with Crippen LogP contribution in [0, 0.1) is 5.41 Å². The zero-order valence-electron chi connectivity index (χ0n) is 18.2. The quantitative estimate of drug-likeness (QED) is 0.336. The number of hydrogen-bond donors (Lipinski definition) is 5. The fraction of sp³-hybridized carbons (Fsp3) is 0.304. The maximum atomic E-state index is 13.1. The van der Waals surface area contributed by atoms with Crippen molar-refractivity contribution in [3.05, 3.63) is 53.6 Å². The van der Waals surface area contributed by atoms with Crippen LogP contribution in [0.4, 0.5) is 17.1 Å². The third-order valence-corrected chi connectivity index (χ3v) is 5.94. The number of hydrogen-bond acceptors (Lipinski definition) is 6. The molecule has 0 radical (unpaired) electrons. The summed E-state index contributed by atoms with van der Waals surface area (Å²) >= 11 is 0. The van der Waals surface area contributed by atoms with Crippen molar-refractivity contribution in [1.29, 1.82) is 5.41 Å². The molecule has 3 amide bonds. The van der Waals surface area contributed by atoms with Crippen LogP contribution >= 0.6 is 0 Å². The number of nitrogens with two attached hydrogens (primary N) is 1. The van der Waals surface area contributed by atoms with Gasteiger partial charge in [0.1, 0.15) is 5.84 Å². The molecule has 33 heavy (non-hydrogen) atoms. The highest BCUT2D eigenvalue weighted by molar-refractivity contribution is 6.07. The molecule has 0 saturated carbocycles. The van der Waals surface area contributed by atoms with E-state index in [4.69, 9.17) is 15.9 Å². The van der Waals surface area contributed by atoms with Gasteiger partial charge < -0.3 is 31.1 Å². The minimum atomic E-state index is -1.73. The van der Waals surface area contributed by atoms with E-state index in [0.29, 0.717) is 22.6 Å². The first-order chi connectivity index (χ1) is 15.6. The van der Waals surface area contributed by atoms with E-state index in [0.717, 1.165) is 5.56 Å². The second-order valence-electron chi connectivity index (χ2n) is 8.52. The summed E-state index contributed by atoms with van der Waals surface area (Å²) in [7, 11) is 0. The second kappa shape index (κ2) is 8.30. The van der Waals surface area contributed by atoms with Gasteiger partial charge >= 0.3 is 0 Å². The minimum Gasteiger partial charge on any atom is -0.384 e. The highest BCUT2D eigenvalue weighted by Crippen LogP contribution is 2.39. The molecule has 0 aliphatic carbocycles. The Morgan fingerprint density at radius 2 is 1.97 bits per heavy atom. The Bertz CT molecular complexity index is 1140. The fourth-order valence-corrected chi connectivity index (χ4v) is 3.90. The van der Waals surface area contributed by atoms with E-state index < -0.39 is 29.4 Å². The normalized spacial score (nSPS) is 20.1. The molecule has 2 aliphatic heterocycles. The van der Waals surface area contributed by atoms with Crippen LogP contribution in [0.15, 0.2) is 42.5 Å². The molecule has 6 N–H and O–H groups in total. The molecule has 1 saturated heterocycles. The zero-order chi connectivity index (χ0) is 23.9. The predicted octanol–water partition coefficient (Wildman–Crippen LogP) is 0.932.